The lowest BCUT2D eigenvalue weighted by Gasteiger charge is -2.11. The molecule has 32 heavy (non-hydrogen) atoms. The van der Waals surface area contributed by atoms with Crippen LogP contribution in [0.25, 0.3) is 11.4 Å². The first-order chi connectivity index (χ1) is 15.4. The van der Waals surface area contributed by atoms with Crippen molar-refractivity contribution >= 4 is 46.6 Å². The number of aromatic nitrogens is 3. The number of thioether (sulfide) groups is 1. The highest BCUT2D eigenvalue weighted by Gasteiger charge is 2.16. The van der Waals surface area contributed by atoms with E-state index in [1.807, 2.05) is 28.8 Å². The van der Waals surface area contributed by atoms with Gasteiger partial charge in [-0.15, -0.1) is 16.8 Å². The number of para-hydroxylation sites is 1. The summed E-state index contributed by atoms with van der Waals surface area (Å²) in [5.74, 6) is 1.83. The summed E-state index contributed by atoms with van der Waals surface area (Å²) in [6.45, 7) is 9.20. The van der Waals surface area contributed by atoms with Crippen molar-refractivity contribution in [3.8, 4) is 17.1 Å². The minimum Gasteiger partial charge on any atom is -0.493 e. The Morgan fingerprint density at radius 3 is 2.50 bits per heavy atom. The van der Waals surface area contributed by atoms with E-state index in [4.69, 9.17) is 27.9 Å². The van der Waals surface area contributed by atoms with Crippen LogP contribution in [0.5, 0.6) is 5.75 Å². The van der Waals surface area contributed by atoms with Crippen molar-refractivity contribution in [3.63, 3.8) is 0 Å². The van der Waals surface area contributed by atoms with E-state index >= 15 is 0 Å². The maximum Gasteiger partial charge on any atom is 0.234 e. The fourth-order valence-corrected chi connectivity index (χ4v) is 4.03. The van der Waals surface area contributed by atoms with Crippen molar-refractivity contribution in [2.24, 2.45) is 5.92 Å². The number of rotatable bonds is 10. The van der Waals surface area contributed by atoms with Gasteiger partial charge in [0.05, 0.1) is 28.1 Å². The first-order valence-electron chi connectivity index (χ1n) is 10.0. The second-order valence-corrected chi connectivity index (χ2v) is 9.13. The lowest BCUT2D eigenvalue weighted by atomic mass is 10.2. The molecule has 168 valence electrons. The summed E-state index contributed by atoms with van der Waals surface area (Å²) in [4.78, 5) is 12.4. The van der Waals surface area contributed by atoms with Crippen LogP contribution >= 0.6 is 35.0 Å². The van der Waals surface area contributed by atoms with E-state index in [9.17, 15) is 4.79 Å². The molecule has 1 amide bonds. The van der Waals surface area contributed by atoms with Crippen LogP contribution in [0, 0.1) is 5.92 Å². The maximum absolute atomic E-state index is 12.4. The summed E-state index contributed by atoms with van der Waals surface area (Å²) in [5, 5.41) is 12.7. The lowest BCUT2D eigenvalue weighted by Crippen LogP contribution is -2.15. The Morgan fingerprint density at radius 2 is 1.88 bits per heavy atom. The molecule has 6 nitrogen and oxygen atoms in total. The third-order valence-electron chi connectivity index (χ3n) is 4.28. The van der Waals surface area contributed by atoms with Crippen LogP contribution in [0.1, 0.15) is 13.8 Å². The number of allylic oxidation sites excluding steroid dienone is 1. The van der Waals surface area contributed by atoms with Gasteiger partial charge in [-0.1, -0.05) is 61.0 Å². The number of hydrogen-bond donors (Lipinski definition) is 1. The van der Waals surface area contributed by atoms with E-state index in [0.29, 0.717) is 45.8 Å². The zero-order chi connectivity index (χ0) is 23.1. The molecule has 1 N–H and O–H groups in total. The fraction of sp³-hybridized carbons (Fsp3) is 0.261. The van der Waals surface area contributed by atoms with E-state index < -0.39 is 0 Å². The number of benzene rings is 2. The number of hydrogen-bond acceptors (Lipinski definition) is 5. The predicted octanol–water partition coefficient (Wildman–Crippen LogP) is 6.20. The molecule has 0 saturated heterocycles. The summed E-state index contributed by atoms with van der Waals surface area (Å²) < 4.78 is 7.66. The number of carbonyl (C=O) groups is 1. The molecule has 1 heterocycles. The molecule has 0 fully saturated rings. The number of nitrogens with one attached hydrogen (secondary N) is 1. The van der Waals surface area contributed by atoms with E-state index in [1.54, 1.807) is 24.3 Å². The standard InChI is InChI=1S/C23H24Cl2N4O2S/c1-4-12-29-22(16-8-10-17(11-9-16)31-13-15(2)3)27-28-23(29)32-14-20(30)26-21-18(24)6-5-7-19(21)25/h4-11,15H,1,12-14H2,2-3H3,(H,26,30). The Balaban J connectivity index is 1.70. The van der Waals surface area contributed by atoms with Gasteiger partial charge in [-0.05, 0) is 42.3 Å². The van der Waals surface area contributed by atoms with Crippen molar-refractivity contribution in [3.05, 3.63) is 65.2 Å². The van der Waals surface area contributed by atoms with E-state index in [1.165, 1.54) is 11.8 Å². The van der Waals surface area contributed by atoms with Gasteiger partial charge in [-0.2, -0.15) is 0 Å². The highest BCUT2D eigenvalue weighted by atomic mass is 35.5. The van der Waals surface area contributed by atoms with Gasteiger partial charge in [0, 0.05) is 12.1 Å². The second-order valence-electron chi connectivity index (χ2n) is 7.37. The molecule has 0 radical (unpaired) electrons. The molecule has 0 bridgehead atoms. The molecular weight excluding hydrogens is 467 g/mol. The molecule has 0 aliphatic heterocycles. The predicted molar refractivity (Wildman–Crippen MR) is 132 cm³/mol. The van der Waals surface area contributed by atoms with Gasteiger partial charge in [0.25, 0.3) is 0 Å². The first-order valence-corrected chi connectivity index (χ1v) is 11.8. The summed E-state index contributed by atoms with van der Waals surface area (Å²) in [6.07, 6.45) is 1.76. The number of ether oxygens (including phenoxy) is 1. The third kappa shape index (κ3) is 6.28. The average Bonchev–Trinajstić information content (AvgIpc) is 3.16. The largest absolute Gasteiger partial charge is 0.493 e. The summed E-state index contributed by atoms with van der Waals surface area (Å²) in [7, 11) is 0. The van der Waals surface area contributed by atoms with Crippen LogP contribution in [0.4, 0.5) is 5.69 Å². The number of anilines is 1. The van der Waals surface area contributed by atoms with Crippen LogP contribution in [0.15, 0.2) is 60.3 Å². The Morgan fingerprint density at radius 1 is 1.19 bits per heavy atom. The SMILES string of the molecule is C=CCn1c(SCC(=O)Nc2c(Cl)cccc2Cl)nnc1-c1ccc(OCC(C)C)cc1. The molecule has 1 aromatic heterocycles. The minimum absolute atomic E-state index is 0.124. The summed E-state index contributed by atoms with van der Waals surface area (Å²) >= 11 is 13.5. The monoisotopic (exact) mass is 490 g/mol. The second kappa shape index (κ2) is 11.4. The molecule has 9 heteroatoms. The molecule has 3 rings (SSSR count). The van der Waals surface area contributed by atoms with E-state index in [2.05, 4.69) is 35.9 Å². The minimum atomic E-state index is -0.244. The van der Waals surface area contributed by atoms with Crippen LogP contribution in [0.3, 0.4) is 0 Å². The van der Waals surface area contributed by atoms with Crippen molar-refractivity contribution in [1.82, 2.24) is 14.8 Å². The summed E-state index contributed by atoms with van der Waals surface area (Å²) in [5.41, 5.74) is 1.30. The Hall–Kier alpha value is -2.48. The fourth-order valence-electron chi connectivity index (χ4n) is 2.79. The van der Waals surface area contributed by atoms with Crippen LogP contribution in [0.2, 0.25) is 10.0 Å². The average molecular weight is 491 g/mol. The molecular formula is C23H24Cl2N4O2S. The Kier molecular flexibility index (Phi) is 8.61. The van der Waals surface area contributed by atoms with Crippen molar-refractivity contribution in [2.75, 3.05) is 17.7 Å². The van der Waals surface area contributed by atoms with Gasteiger partial charge >= 0.3 is 0 Å². The van der Waals surface area contributed by atoms with Crippen LogP contribution in [-0.4, -0.2) is 33.0 Å². The number of halogens is 2. The molecule has 0 aliphatic rings. The van der Waals surface area contributed by atoms with E-state index in [-0.39, 0.29) is 11.7 Å². The molecule has 0 atom stereocenters. The van der Waals surface area contributed by atoms with Crippen molar-refractivity contribution < 1.29 is 9.53 Å². The highest BCUT2D eigenvalue weighted by Crippen LogP contribution is 2.30. The zero-order valence-corrected chi connectivity index (χ0v) is 20.2. The number of amides is 1. The molecule has 0 unspecified atom stereocenters. The molecule has 0 saturated carbocycles. The lowest BCUT2D eigenvalue weighted by molar-refractivity contribution is -0.113. The van der Waals surface area contributed by atoms with Gasteiger partial charge < -0.3 is 10.1 Å². The Labute approximate surface area is 202 Å². The topological polar surface area (TPSA) is 69.0 Å². The molecule has 0 aliphatic carbocycles. The van der Waals surface area contributed by atoms with Gasteiger partial charge in [-0.3, -0.25) is 9.36 Å². The summed E-state index contributed by atoms with van der Waals surface area (Å²) in [6, 6.07) is 12.8. The first kappa shape index (κ1) is 24.2. The van der Waals surface area contributed by atoms with Gasteiger partial charge in [-0.25, -0.2) is 0 Å². The van der Waals surface area contributed by atoms with Gasteiger partial charge in [0.2, 0.25) is 5.91 Å². The third-order valence-corrected chi connectivity index (χ3v) is 5.88. The van der Waals surface area contributed by atoms with Gasteiger partial charge in [0.1, 0.15) is 5.75 Å². The van der Waals surface area contributed by atoms with Crippen molar-refractivity contribution in [1.29, 1.82) is 0 Å². The smallest absolute Gasteiger partial charge is 0.234 e. The number of nitrogens with zero attached hydrogens (tertiary/aromatic N) is 3. The number of carbonyl (C=O) groups excluding carboxylic acids is 1. The quantitative estimate of drug-likeness (QED) is 0.270. The zero-order valence-electron chi connectivity index (χ0n) is 17.8. The normalized spacial score (nSPS) is 10.9. The Bertz CT molecular complexity index is 1060. The van der Waals surface area contributed by atoms with Crippen LogP contribution < -0.4 is 10.1 Å². The highest BCUT2D eigenvalue weighted by molar-refractivity contribution is 7.99. The van der Waals surface area contributed by atoms with Crippen molar-refractivity contribution in [2.45, 2.75) is 25.5 Å². The maximum atomic E-state index is 12.4. The molecule has 2 aromatic carbocycles. The van der Waals surface area contributed by atoms with Crippen LogP contribution in [-0.2, 0) is 11.3 Å². The van der Waals surface area contributed by atoms with E-state index in [0.717, 1.165) is 11.3 Å². The molecule has 3 aromatic rings. The molecule has 0 spiro atoms. The van der Waals surface area contributed by atoms with Gasteiger partial charge in [0.15, 0.2) is 11.0 Å².